The van der Waals surface area contributed by atoms with Gasteiger partial charge in [-0.3, -0.25) is 9.97 Å². The number of rotatable bonds is 2. The van der Waals surface area contributed by atoms with Crippen molar-refractivity contribution in [1.29, 1.82) is 0 Å². The first-order chi connectivity index (χ1) is 13.2. The lowest BCUT2D eigenvalue weighted by atomic mass is 9.99. The molecule has 4 aromatic rings. The Morgan fingerprint density at radius 2 is 1.70 bits per heavy atom. The molecular formula is C21H12F2N2O2. The van der Waals surface area contributed by atoms with E-state index in [1.54, 1.807) is 24.5 Å². The Bertz CT molecular complexity index is 1190. The number of ether oxygens (including phenoxy) is 2. The average Bonchev–Trinajstić information content (AvgIpc) is 3.16. The molecule has 0 atom stereocenters. The topological polar surface area (TPSA) is 44.2 Å². The number of aromatic nitrogens is 2. The second-order valence-corrected chi connectivity index (χ2v) is 6.08. The maximum Gasteiger partial charge on any atom is 0.231 e. The standard InChI is InChI=1S/C21H12F2N2O2/c22-12-4-5-14(17(23)10-12)13-6-8-24-19-15(13)7-9-25-20(19)16-2-1-3-18-21(16)27-11-26-18/h1-10H,11H2. The molecule has 1 aliphatic rings. The quantitative estimate of drug-likeness (QED) is 0.505. The average molecular weight is 362 g/mol. The van der Waals surface area contributed by atoms with Crippen LogP contribution in [0.2, 0.25) is 0 Å². The Labute approximate surface area is 153 Å². The molecule has 0 amide bonds. The molecule has 0 unspecified atom stereocenters. The molecule has 4 nitrogen and oxygen atoms in total. The molecule has 0 radical (unpaired) electrons. The van der Waals surface area contributed by atoms with Crippen LogP contribution in [0.4, 0.5) is 8.78 Å². The summed E-state index contributed by atoms with van der Waals surface area (Å²) in [5.74, 6) is 0.0110. The number of hydrogen-bond acceptors (Lipinski definition) is 4. The highest BCUT2D eigenvalue weighted by molar-refractivity contribution is 6.01. The lowest BCUT2D eigenvalue weighted by Gasteiger charge is -2.11. The van der Waals surface area contributed by atoms with Crippen molar-refractivity contribution in [3.05, 3.63) is 72.6 Å². The summed E-state index contributed by atoms with van der Waals surface area (Å²) in [6.07, 6.45) is 3.23. The van der Waals surface area contributed by atoms with Gasteiger partial charge in [0.05, 0.1) is 5.52 Å². The second-order valence-electron chi connectivity index (χ2n) is 6.08. The summed E-state index contributed by atoms with van der Waals surface area (Å²) in [6, 6.07) is 12.6. The summed E-state index contributed by atoms with van der Waals surface area (Å²) < 4.78 is 38.7. The smallest absolute Gasteiger partial charge is 0.231 e. The molecule has 27 heavy (non-hydrogen) atoms. The first kappa shape index (κ1) is 15.7. The molecule has 0 saturated carbocycles. The van der Waals surface area contributed by atoms with E-state index in [4.69, 9.17) is 9.47 Å². The van der Waals surface area contributed by atoms with Crippen molar-refractivity contribution in [2.75, 3.05) is 6.79 Å². The van der Waals surface area contributed by atoms with E-state index in [0.29, 0.717) is 39.2 Å². The highest BCUT2D eigenvalue weighted by atomic mass is 19.1. The third-order valence-corrected chi connectivity index (χ3v) is 4.53. The number of pyridine rings is 2. The van der Waals surface area contributed by atoms with Gasteiger partial charge in [0.1, 0.15) is 17.3 Å². The Kier molecular flexibility index (Phi) is 3.50. The van der Waals surface area contributed by atoms with Gasteiger partial charge in [0.15, 0.2) is 11.5 Å². The zero-order valence-corrected chi connectivity index (χ0v) is 13.9. The fourth-order valence-electron chi connectivity index (χ4n) is 3.33. The Hall–Kier alpha value is -3.54. The third kappa shape index (κ3) is 2.49. The maximum atomic E-state index is 14.4. The largest absolute Gasteiger partial charge is 0.454 e. The van der Waals surface area contributed by atoms with Gasteiger partial charge in [0.2, 0.25) is 6.79 Å². The number of fused-ring (bicyclic) bond motifs is 2. The summed E-state index contributed by atoms with van der Waals surface area (Å²) >= 11 is 0. The van der Waals surface area contributed by atoms with E-state index in [1.807, 2.05) is 18.2 Å². The zero-order valence-electron chi connectivity index (χ0n) is 13.9. The molecule has 0 fully saturated rings. The lowest BCUT2D eigenvalue weighted by Crippen LogP contribution is -1.95. The van der Waals surface area contributed by atoms with E-state index in [0.717, 1.165) is 11.6 Å². The van der Waals surface area contributed by atoms with Crippen LogP contribution in [0, 0.1) is 11.6 Å². The first-order valence-electron chi connectivity index (χ1n) is 8.30. The van der Waals surface area contributed by atoms with Crippen LogP contribution >= 0.6 is 0 Å². The molecule has 0 saturated heterocycles. The van der Waals surface area contributed by atoms with E-state index in [9.17, 15) is 8.78 Å². The maximum absolute atomic E-state index is 14.4. The predicted octanol–water partition coefficient (Wildman–Crippen LogP) is 4.97. The molecule has 0 N–H and O–H groups in total. The van der Waals surface area contributed by atoms with E-state index >= 15 is 0 Å². The third-order valence-electron chi connectivity index (χ3n) is 4.53. The van der Waals surface area contributed by atoms with Crippen molar-refractivity contribution in [2.45, 2.75) is 0 Å². The fourth-order valence-corrected chi connectivity index (χ4v) is 3.33. The van der Waals surface area contributed by atoms with Crippen LogP contribution in [0.3, 0.4) is 0 Å². The summed E-state index contributed by atoms with van der Waals surface area (Å²) in [5, 5.41) is 0.713. The zero-order chi connectivity index (χ0) is 18.4. The van der Waals surface area contributed by atoms with Crippen molar-refractivity contribution in [2.24, 2.45) is 0 Å². The highest BCUT2D eigenvalue weighted by Crippen LogP contribution is 2.43. The first-order valence-corrected chi connectivity index (χ1v) is 8.30. The molecule has 0 spiro atoms. The van der Waals surface area contributed by atoms with Crippen molar-refractivity contribution < 1.29 is 18.3 Å². The van der Waals surface area contributed by atoms with Crippen LogP contribution in [0.25, 0.3) is 33.3 Å². The van der Waals surface area contributed by atoms with E-state index in [-0.39, 0.29) is 6.79 Å². The van der Waals surface area contributed by atoms with Crippen molar-refractivity contribution >= 4 is 10.9 Å². The lowest BCUT2D eigenvalue weighted by molar-refractivity contribution is 0.174. The molecule has 0 bridgehead atoms. The van der Waals surface area contributed by atoms with Gasteiger partial charge in [-0.2, -0.15) is 0 Å². The predicted molar refractivity (Wildman–Crippen MR) is 96.4 cm³/mol. The number of hydrogen-bond donors (Lipinski definition) is 0. The molecule has 0 aliphatic carbocycles. The van der Waals surface area contributed by atoms with Crippen LogP contribution in [0.15, 0.2) is 60.9 Å². The normalized spacial score (nSPS) is 12.5. The van der Waals surface area contributed by atoms with Gasteiger partial charge >= 0.3 is 0 Å². The Morgan fingerprint density at radius 1 is 0.815 bits per heavy atom. The summed E-state index contributed by atoms with van der Waals surface area (Å²) in [7, 11) is 0. The highest BCUT2D eigenvalue weighted by Gasteiger charge is 2.21. The molecule has 6 heteroatoms. The fraction of sp³-hybridized carbons (Fsp3) is 0.0476. The number of para-hydroxylation sites is 1. The molecule has 132 valence electrons. The Morgan fingerprint density at radius 3 is 2.59 bits per heavy atom. The summed E-state index contributed by atoms with van der Waals surface area (Å²) in [6.45, 7) is 0.149. The van der Waals surface area contributed by atoms with E-state index in [1.165, 1.54) is 12.1 Å². The monoisotopic (exact) mass is 362 g/mol. The summed E-state index contributed by atoms with van der Waals surface area (Å²) in [5.41, 5.74) is 2.88. The van der Waals surface area contributed by atoms with Crippen LogP contribution in [-0.4, -0.2) is 16.8 Å². The minimum absolute atomic E-state index is 0.149. The molecule has 1 aliphatic heterocycles. The van der Waals surface area contributed by atoms with Crippen LogP contribution in [-0.2, 0) is 0 Å². The van der Waals surface area contributed by atoms with Crippen molar-refractivity contribution in [1.82, 2.24) is 9.97 Å². The molecule has 5 rings (SSSR count). The number of benzene rings is 2. The van der Waals surface area contributed by atoms with Gasteiger partial charge in [0.25, 0.3) is 0 Å². The summed E-state index contributed by atoms with van der Waals surface area (Å²) in [4.78, 5) is 8.94. The van der Waals surface area contributed by atoms with Crippen LogP contribution in [0.1, 0.15) is 0 Å². The minimum Gasteiger partial charge on any atom is -0.454 e. The van der Waals surface area contributed by atoms with Gasteiger partial charge in [-0.15, -0.1) is 0 Å². The van der Waals surface area contributed by atoms with Crippen LogP contribution < -0.4 is 9.47 Å². The van der Waals surface area contributed by atoms with Crippen LogP contribution in [0.5, 0.6) is 11.5 Å². The van der Waals surface area contributed by atoms with Gasteiger partial charge in [-0.25, -0.2) is 8.78 Å². The second kappa shape index (κ2) is 6.02. The van der Waals surface area contributed by atoms with Gasteiger partial charge in [0, 0.05) is 35.0 Å². The molecule has 2 aromatic carbocycles. The SMILES string of the molecule is Fc1ccc(-c2ccnc3c(-c4cccc5c4OCO5)nccc23)c(F)c1. The van der Waals surface area contributed by atoms with Gasteiger partial charge in [-0.05, 0) is 42.0 Å². The molecule has 2 aromatic heterocycles. The molecule has 3 heterocycles. The molecular weight excluding hydrogens is 350 g/mol. The van der Waals surface area contributed by atoms with Gasteiger partial charge in [-0.1, -0.05) is 6.07 Å². The van der Waals surface area contributed by atoms with Gasteiger partial charge < -0.3 is 9.47 Å². The number of halogens is 2. The van der Waals surface area contributed by atoms with E-state index < -0.39 is 11.6 Å². The van der Waals surface area contributed by atoms with E-state index in [2.05, 4.69) is 9.97 Å². The number of nitrogens with zero attached hydrogens (tertiary/aromatic N) is 2. The van der Waals surface area contributed by atoms with Crippen molar-refractivity contribution in [3.63, 3.8) is 0 Å². The Balaban J connectivity index is 1.77. The minimum atomic E-state index is -0.627. The van der Waals surface area contributed by atoms with Crippen molar-refractivity contribution in [3.8, 4) is 33.9 Å².